The van der Waals surface area contributed by atoms with Crippen LogP contribution in [0.3, 0.4) is 0 Å². The molecule has 0 saturated heterocycles. The van der Waals surface area contributed by atoms with Crippen molar-refractivity contribution in [1.29, 1.82) is 5.26 Å². The van der Waals surface area contributed by atoms with Gasteiger partial charge >= 0.3 is 0 Å². The van der Waals surface area contributed by atoms with Crippen molar-refractivity contribution in [3.8, 4) is 6.07 Å². The molecule has 3 heteroatoms. The molecule has 0 aliphatic carbocycles. The van der Waals surface area contributed by atoms with Crippen molar-refractivity contribution >= 4 is 5.71 Å². The second kappa shape index (κ2) is 5.24. The first kappa shape index (κ1) is 9.44. The fourth-order valence-electron chi connectivity index (χ4n) is 0.659. The first-order valence-electron chi connectivity index (χ1n) is 3.30. The average molecular weight is 149 g/mol. The van der Waals surface area contributed by atoms with Gasteiger partial charge in [0.25, 0.3) is 0 Å². The molecule has 0 fully saturated rings. The van der Waals surface area contributed by atoms with Crippen LogP contribution in [0.5, 0.6) is 0 Å². The van der Waals surface area contributed by atoms with Crippen LogP contribution >= 0.6 is 0 Å². The van der Waals surface area contributed by atoms with E-state index >= 15 is 0 Å². The molecule has 0 heterocycles. The molecule has 0 aromatic rings. The average Bonchev–Trinajstić information content (AvgIpc) is 2.05. The molecule has 0 radical (unpaired) electrons. The molecule has 0 aliphatic heterocycles. The van der Waals surface area contributed by atoms with Gasteiger partial charge in [0, 0.05) is 12.4 Å². The Morgan fingerprint density at radius 2 is 2.45 bits per heavy atom. The Morgan fingerprint density at radius 1 is 1.82 bits per heavy atom. The summed E-state index contributed by atoms with van der Waals surface area (Å²) in [6, 6.07) is 1.95. The van der Waals surface area contributed by atoms with Gasteiger partial charge in [0.05, 0.1) is 11.3 Å². The molecule has 0 aromatic heterocycles. The molecule has 0 spiro atoms. The zero-order chi connectivity index (χ0) is 8.69. The maximum atomic E-state index is 8.54. The van der Waals surface area contributed by atoms with E-state index in [1.165, 1.54) is 12.4 Å². The molecule has 0 amide bonds. The van der Waals surface area contributed by atoms with Crippen molar-refractivity contribution in [3.05, 3.63) is 24.6 Å². The van der Waals surface area contributed by atoms with Crippen molar-refractivity contribution in [1.82, 2.24) is 0 Å². The minimum Gasteiger partial charge on any atom is -0.403 e. The van der Waals surface area contributed by atoms with Crippen molar-refractivity contribution in [3.63, 3.8) is 0 Å². The third-order valence-electron chi connectivity index (χ3n) is 1.18. The highest BCUT2D eigenvalue weighted by Gasteiger charge is 2.00. The van der Waals surface area contributed by atoms with Crippen molar-refractivity contribution in [2.45, 2.75) is 13.3 Å². The molecule has 11 heavy (non-hydrogen) atoms. The van der Waals surface area contributed by atoms with Gasteiger partial charge in [-0.2, -0.15) is 5.26 Å². The van der Waals surface area contributed by atoms with Gasteiger partial charge in [-0.15, -0.1) is 0 Å². The van der Waals surface area contributed by atoms with E-state index in [0.29, 0.717) is 17.7 Å². The van der Waals surface area contributed by atoms with Gasteiger partial charge in [-0.1, -0.05) is 13.5 Å². The molecule has 0 atom stereocenters. The molecule has 2 N–H and O–H groups in total. The fourth-order valence-corrected chi connectivity index (χ4v) is 0.659. The maximum Gasteiger partial charge on any atom is 0.103 e. The molecular weight excluding hydrogens is 138 g/mol. The number of hydrogen-bond donors (Lipinski definition) is 1. The molecular formula is C8H11N3. The van der Waals surface area contributed by atoms with Crippen molar-refractivity contribution < 1.29 is 0 Å². The lowest BCUT2D eigenvalue weighted by atomic mass is 10.1. The van der Waals surface area contributed by atoms with E-state index in [2.05, 4.69) is 11.6 Å². The Hall–Kier alpha value is -1.56. The largest absolute Gasteiger partial charge is 0.403 e. The van der Waals surface area contributed by atoms with E-state index in [-0.39, 0.29) is 0 Å². The van der Waals surface area contributed by atoms with Crippen LogP contribution in [0.1, 0.15) is 13.3 Å². The number of aliphatic imine (C=N–C) groups is 1. The van der Waals surface area contributed by atoms with Crippen LogP contribution in [0.15, 0.2) is 29.5 Å². The van der Waals surface area contributed by atoms with Crippen molar-refractivity contribution in [2.75, 3.05) is 0 Å². The van der Waals surface area contributed by atoms with Gasteiger partial charge in [0.1, 0.15) is 6.07 Å². The summed E-state index contributed by atoms with van der Waals surface area (Å²) in [4.78, 5) is 3.89. The number of nitriles is 1. The standard InChI is InChI=1S/C8H11N3/c1-3-8(11-4-2)7(5-9)6-10/h4-5H,2-3,9H2,1H3. The lowest BCUT2D eigenvalue weighted by molar-refractivity contribution is 1.26. The summed E-state index contributed by atoms with van der Waals surface area (Å²) in [5.74, 6) is 0. The third kappa shape index (κ3) is 2.67. The van der Waals surface area contributed by atoms with E-state index in [0.717, 1.165) is 0 Å². The fraction of sp³-hybridized carbons (Fsp3) is 0.250. The lowest BCUT2D eigenvalue weighted by Crippen LogP contribution is -2.01. The summed E-state index contributed by atoms with van der Waals surface area (Å²) in [5.41, 5.74) is 6.27. The van der Waals surface area contributed by atoms with Crippen LogP contribution in [0.4, 0.5) is 0 Å². The van der Waals surface area contributed by atoms with E-state index < -0.39 is 0 Å². The summed E-state index contributed by atoms with van der Waals surface area (Å²) in [6.07, 6.45) is 3.34. The highest BCUT2D eigenvalue weighted by Crippen LogP contribution is 1.99. The quantitative estimate of drug-likeness (QED) is 0.486. The van der Waals surface area contributed by atoms with Crippen LogP contribution in [-0.4, -0.2) is 5.71 Å². The lowest BCUT2D eigenvalue weighted by Gasteiger charge is -1.96. The Bertz CT molecular complexity index is 230. The second-order valence-corrected chi connectivity index (χ2v) is 1.80. The van der Waals surface area contributed by atoms with Gasteiger partial charge in [-0.05, 0) is 6.42 Å². The number of allylic oxidation sites excluding steroid dienone is 1. The summed E-state index contributed by atoms with van der Waals surface area (Å²) in [7, 11) is 0. The van der Waals surface area contributed by atoms with Crippen LogP contribution in [0.2, 0.25) is 0 Å². The number of rotatable bonds is 3. The number of nitrogens with two attached hydrogens (primary N) is 1. The monoisotopic (exact) mass is 149 g/mol. The second-order valence-electron chi connectivity index (χ2n) is 1.80. The summed E-state index contributed by atoms with van der Waals surface area (Å²) >= 11 is 0. The summed E-state index contributed by atoms with van der Waals surface area (Å²) < 4.78 is 0. The first-order chi connectivity index (χ1) is 5.29. The molecule has 0 bridgehead atoms. The Kier molecular flexibility index (Phi) is 4.50. The van der Waals surface area contributed by atoms with Crippen LogP contribution in [0, 0.1) is 11.3 Å². The Labute approximate surface area is 66.5 Å². The van der Waals surface area contributed by atoms with Gasteiger partial charge in [0.2, 0.25) is 0 Å². The molecule has 0 saturated carbocycles. The molecule has 0 unspecified atom stereocenters. The first-order valence-corrected chi connectivity index (χ1v) is 3.30. The van der Waals surface area contributed by atoms with Crippen molar-refractivity contribution in [2.24, 2.45) is 10.7 Å². The predicted octanol–water partition coefficient (Wildman–Crippen LogP) is 1.35. The minimum atomic E-state index is 0.410. The zero-order valence-corrected chi connectivity index (χ0v) is 6.54. The predicted molar refractivity (Wildman–Crippen MR) is 45.8 cm³/mol. The SMILES string of the molecule is C=CN=C(CC)C(C#N)=CN. The van der Waals surface area contributed by atoms with E-state index in [1.807, 2.05) is 13.0 Å². The van der Waals surface area contributed by atoms with E-state index in [9.17, 15) is 0 Å². The normalized spacial score (nSPS) is 12.4. The number of nitrogens with zero attached hydrogens (tertiary/aromatic N) is 2. The van der Waals surface area contributed by atoms with E-state index in [1.54, 1.807) is 0 Å². The highest BCUT2D eigenvalue weighted by molar-refractivity contribution is 6.03. The summed E-state index contributed by atoms with van der Waals surface area (Å²) in [6.45, 7) is 5.34. The smallest absolute Gasteiger partial charge is 0.103 e. The molecule has 3 nitrogen and oxygen atoms in total. The van der Waals surface area contributed by atoms with Crippen LogP contribution in [0.25, 0.3) is 0 Å². The van der Waals surface area contributed by atoms with E-state index in [4.69, 9.17) is 11.0 Å². The minimum absolute atomic E-state index is 0.410. The van der Waals surface area contributed by atoms with Gasteiger partial charge in [0.15, 0.2) is 0 Å². The highest BCUT2D eigenvalue weighted by atomic mass is 14.7. The summed E-state index contributed by atoms with van der Waals surface area (Å²) in [5, 5.41) is 8.54. The topological polar surface area (TPSA) is 62.2 Å². The van der Waals surface area contributed by atoms with Crippen LogP contribution in [-0.2, 0) is 0 Å². The van der Waals surface area contributed by atoms with Gasteiger partial charge < -0.3 is 5.73 Å². The Balaban J connectivity index is 4.65. The molecule has 58 valence electrons. The van der Waals surface area contributed by atoms with Gasteiger partial charge in [-0.3, -0.25) is 4.99 Å². The third-order valence-corrected chi connectivity index (χ3v) is 1.18. The molecule has 0 aromatic carbocycles. The number of hydrogen-bond acceptors (Lipinski definition) is 3. The van der Waals surface area contributed by atoms with Gasteiger partial charge in [-0.25, -0.2) is 0 Å². The molecule has 0 rings (SSSR count). The zero-order valence-electron chi connectivity index (χ0n) is 6.54. The van der Waals surface area contributed by atoms with Crippen LogP contribution < -0.4 is 5.73 Å². The maximum absolute atomic E-state index is 8.54. The Morgan fingerprint density at radius 3 is 2.73 bits per heavy atom. The molecule has 0 aliphatic rings.